The normalized spacial score (nSPS) is 12.3. The van der Waals surface area contributed by atoms with E-state index in [0.717, 1.165) is 82.3 Å². The number of hydrogen-bond acceptors (Lipinski definition) is 2. The van der Waals surface area contributed by atoms with Crippen molar-refractivity contribution >= 4 is 51.4 Å². The molecule has 250 valence electrons. The molecule has 5 aromatic rings. The molecule has 5 rings (SSSR count). The molecular weight excluding hydrogens is 641 g/mol. The minimum absolute atomic E-state index is 0.214. The topological polar surface area (TPSA) is 18.5 Å². The third kappa shape index (κ3) is 10.0. The van der Waals surface area contributed by atoms with Gasteiger partial charge in [-0.1, -0.05) is 121 Å². The number of rotatable bonds is 16. The lowest BCUT2D eigenvalue weighted by molar-refractivity contribution is 0.209. The fraction of sp³-hybridized carbons (Fsp3) is 0.174. The van der Waals surface area contributed by atoms with Crippen LogP contribution < -0.4 is 10.4 Å². The zero-order valence-corrected chi connectivity index (χ0v) is 31.8. The Hall–Kier alpha value is -4.95. The molecule has 0 amide bonds. The van der Waals surface area contributed by atoms with Gasteiger partial charge >= 0.3 is 0 Å². The van der Waals surface area contributed by atoms with Gasteiger partial charge in [0.2, 0.25) is 0 Å². The molecule has 0 aliphatic carbocycles. The standard InChI is InChI=1S/C46H46O2Si2/c1-5-9-17-37(15-7-3)47-49-39-29-23-35(24-30-39)27-33-45-41-19-11-13-21-43(41)46(44-22-14-12-20-42(44)45)34-28-36-25-31-40(32-26-36)50-48-38(16-8-4)18-10-6-2/h5-8,11-14,19-26,29-32,37-38H,1-4,9-10,15-18,49-50H2. The predicted molar refractivity (Wildman–Crippen MR) is 221 cm³/mol. The summed E-state index contributed by atoms with van der Waals surface area (Å²) in [5, 5.41) is 6.97. The highest BCUT2D eigenvalue weighted by atomic mass is 28.2. The van der Waals surface area contributed by atoms with Crippen molar-refractivity contribution < 1.29 is 8.85 Å². The zero-order valence-electron chi connectivity index (χ0n) is 29.0. The lowest BCUT2D eigenvalue weighted by atomic mass is 9.92. The molecule has 2 nitrogen and oxygen atoms in total. The Morgan fingerprint density at radius 2 is 0.840 bits per heavy atom. The highest BCUT2D eigenvalue weighted by molar-refractivity contribution is 6.47. The van der Waals surface area contributed by atoms with Gasteiger partial charge in [-0.05, 0) is 94.7 Å². The average molecular weight is 687 g/mol. The summed E-state index contributed by atoms with van der Waals surface area (Å²) in [5.74, 6) is 14.0. The van der Waals surface area contributed by atoms with Gasteiger partial charge in [0.25, 0.3) is 0 Å². The molecule has 0 heterocycles. The van der Waals surface area contributed by atoms with Crippen molar-refractivity contribution in [3.05, 3.63) is 170 Å². The highest BCUT2D eigenvalue weighted by Gasteiger charge is 2.12. The van der Waals surface area contributed by atoms with Gasteiger partial charge in [-0.15, -0.1) is 26.3 Å². The van der Waals surface area contributed by atoms with Crippen LogP contribution in [0.25, 0.3) is 21.5 Å². The van der Waals surface area contributed by atoms with Crippen LogP contribution in [0.4, 0.5) is 0 Å². The second-order valence-electron chi connectivity index (χ2n) is 12.4. The van der Waals surface area contributed by atoms with Crippen molar-refractivity contribution in [3.8, 4) is 23.7 Å². The Labute approximate surface area is 303 Å². The molecule has 4 heteroatoms. The number of benzene rings is 5. The summed E-state index contributed by atoms with van der Waals surface area (Å²) >= 11 is 0. The van der Waals surface area contributed by atoms with E-state index in [-0.39, 0.29) is 12.2 Å². The van der Waals surface area contributed by atoms with Gasteiger partial charge in [-0.25, -0.2) is 0 Å². The number of fused-ring (bicyclic) bond motifs is 2. The lowest BCUT2D eigenvalue weighted by Crippen LogP contribution is -2.23. The summed E-state index contributed by atoms with van der Waals surface area (Å²) in [5.41, 5.74) is 4.02. The van der Waals surface area contributed by atoms with E-state index < -0.39 is 19.5 Å². The fourth-order valence-electron chi connectivity index (χ4n) is 5.98. The van der Waals surface area contributed by atoms with Crippen molar-refractivity contribution in [2.75, 3.05) is 0 Å². The molecule has 0 saturated carbocycles. The Balaban J connectivity index is 1.37. The minimum atomic E-state index is -0.838. The molecule has 50 heavy (non-hydrogen) atoms. The molecule has 2 atom stereocenters. The van der Waals surface area contributed by atoms with Gasteiger partial charge < -0.3 is 8.85 Å². The first-order chi connectivity index (χ1) is 24.6. The predicted octanol–water partition coefficient (Wildman–Crippen LogP) is 8.07. The lowest BCUT2D eigenvalue weighted by Gasteiger charge is -2.15. The molecule has 0 aromatic heterocycles. The van der Waals surface area contributed by atoms with Crippen molar-refractivity contribution in [1.29, 1.82) is 0 Å². The van der Waals surface area contributed by atoms with Gasteiger partial charge in [-0.3, -0.25) is 0 Å². The van der Waals surface area contributed by atoms with Crippen LogP contribution in [0, 0.1) is 23.7 Å². The first-order valence-corrected chi connectivity index (χ1v) is 20.0. The van der Waals surface area contributed by atoms with Gasteiger partial charge in [-0.2, -0.15) is 0 Å². The van der Waals surface area contributed by atoms with Gasteiger partial charge in [0.1, 0.15) is 0 Å². The second-order valence-corrected chi connectivity index (χ2v) is 15.3. The van der Waals surface area contributed by atoms with E-state index in [1.807, 2.05) is 24.3 Å². The van der Waals surface area contributed by atoms with Crippen molar-refractivity contribution in [2.24, 2.45) is 0 Å². The van der Waals surface area contributed by atoms with Crippen LogP contribution in [0.5, 0.6) is 0 Å². The molecule has 0 fully saturated rings. The van der Waals surface area contributed by atoms with E-state index in [2.05, 4.69) is 147 Å². The van der Waals surface area contributed by atoms with Crippen molar-refractivity contribution in [3.63, 3.8) is 0 Å². The summed E-state index contributed by atoms with van der Waals surface area (Å²) in [6.07, 6.45) is 13.8. The Bertz CT molecular complexity index is 1850. The van der Waals surface area contributed by atoms with Crippen molar-refractivity contribution in [1.82, 2.24) is 0 Å². The maximum atomic E-state index is 6.30. The Morgan fingerprint density at radius 1 is 0.480 bits per heavy atom. The maximum absolute atomic E-state index is 6.30. The van der Waals surface area contributed by atoms with Crippen LogP contribution in [0.2, 0.25) is 0 Å². The molecule has 0 aliphatic heterocycles. The van der Waals surface area contributed by atoms with E-state index in [9.17, 15) is 0 Å². The second kappa shape index (κ2) is 19.3. The summed E-state index contributed by atoms with van der Waals surface area (Å²) in [4.78, 5) is 0. The first kappa shape index (κ1) is 36.3. The van der Waals surface area contributed by atoms with Crippen LogP contribution in [-0.2, 0) is 8.85 Å². The SMILES string of the molecule is C=CCCC(CC=C)O[SiH2]c1ccc(C#Cc2c3ccccc3c(C#Cc3ccc([SiH2]OC(CC=C)CCC=C)cc3)c3ccccc23)cc1. The maximum Gasteiger partial charge on any atom is 0.192 e. The molecule has 0 saturated heterocycles. The Morgan fingerprint density at radius 3 is 1.16 bits per heavy atom. The first-order valence-electron chi connectivity index (χ1n) is 17.5. The number of allylic oxidation sites excluding steroid dienone is 2. The fourth-order valence-corrected chi connectivity index (χ4v) is 8.30. The smallest absolute Gasteiger partial charge is 0.192 e. The molecule has 0 aliphatic rings. The van der Waals surface area contributed by atoms with Gasteiger partial charge in [0.05, 0.1) is 0 Å². The molecule has 0 spiro atoms. The van der Waals surface area contributed by atoms with E-state index in [0.29, 0.717) is 0 Å². The summed E-state index contributed by atoms with van der Waals surface area (Å²) in [6, 6.07) is 34.0. The van der Waals surface area contributed by atoms with Crippen molar-refractivity contribution in [2.45, 2.75) is 50.7 Å². The monoisotopic (exact) mass is 686 g/mol. The molecule has 0 radical (unpaired) electrons. The van der Waals surface area contributed by atoms with Crippen LogP contribution in [0.15, 0.2) is 148 Å². The van der Waals surface area contributed by atoms with E-state index in [4.69, 9.17) is 8.85 Å². The van der Waals surface area contributed by atoms with E-state index in [1.165, 1.54) is 10.4 Å². The molecular formula is C46H46O2Si2. The van der Waals surface area contributed by atoms with Crippen LogP contribution >= 0.6 is 0 Å². The molecule has 0 N–H and O–H groups in total. The van der Waals surface area contributed by atoms with Crippen LogP contribution in [0.1, 0.15) is 60.8 Å². The highest BCUT2D eigenvalue weighted by Crippen LogP contribution is 2.32. The average Bonchev–Trinajstić information content (AvgIpc) is 3.16. The van der Waals surface area contributed by atoms with E-state index in [1.54, 1.807) is 0 Å². The molecule has 0 bridgehead atoms. The van der Waals surface area contributed by atoms with Crippen LogP contribution in [-0.4, -0.2) is 31.7 Å². The summed E-state index contributed by atoms with van der Waals surface area (Å²) < 4.78 is 12.6. The summed E-state index contributed by atoms with van der Waals surface area (Å²) in [7, 11) is -1.68. The molecule has 2 unspecified atom stereocenters. The quantitative estimate of drug-likeness (QED) is 0.0453. The third-order valence-electron chi connectivity index (χ3n) is 8.72. The number of hydrogen-bond donors (Lipinski definition) is 0. The van der Waals surface area contributed by atoms with Crippen LogP contribution in [0.3, 0.4) is 0 Å². The van der Waals surface area contributed by atoms with E-state index >= 15 is 0 Å². The van der Waals surface area contributed by atoms with Gasteiger partial charge in [0, 0.05) is 34.5 Å². The van der Waals surface area contributed by atoms with Gasteiger partial charge in [0.15, 0.2) is 19.5 Å². The third-order valence-corrected chi connectivity index (χ3v) is 11.6. The Kier molecular flexibility index (Phi) is 14.0. The zero-order chi connectivity index (χ0) is 35.0. The summed E-state index contributed by atoms with van der Waals surface area (Å²) in [6.45, 7) is 15.5. The molecule has 5 aromatic carbocycles. The largest absolute Gasteiger partial charge is 0.415 e. The minimum Gasteiger partial charge on any atom is -0.415 e.